The lowest BCUT2D eigenvalue weighted by Crippen LogP contribution is -2.42. The summed E-state index contributed by atoms with van der Waals surface area (Å²) in [5.41, 5.74) is 0.785. The van der Waals surface area contributed by atoms with Gasteiger partial charge in [-0.2, -0.15) is 0 Å². The zero-order valence-corrected chi connectivity index (χ0v) is 16.3. The normalized spacial score (nSPS) is 15.8. The van der Waals surface area contributed by atoms with Crippen molar-refractivity contribution in [3.8, 4) is 11.5 Å². The molecule has 0 spiro atoms. The molecule has 6 heteroatoms. The third-order valence-corrected chi connectivity index (χ3v) is 4.45. The Kier molecular flexibility index (Phi) is 9.08. The number of rotatable bonds is 8. The molecule has 0 radical (unpaired) electrons. The van der Waals surface area contributed by atoms with Crippen LogP contribution in [0.3, 0.4) is 0 Å². The Hall–Kier alpha value is -1.46. The van der Waals surface area contributed by atoms with Crippen LogP contribution in [0.1, 0.15) is 50.4 Å². The molecular formula is C19H31ClN2O3. The van der Waals surface area contributed by atoms with Gasteiger partial charge in [0.05, 0.1) is 13.2 Å². The van der Waals surface area contributed by atoms with Crippen molar-refractivity contribution < 1.29 is 14.3 Å². The van der Waals surface area contributed by atoms with Crippen LogP contribution >= 0.6 is 12.4 Å². The van der Waals surface area contributed by atoms with Gasteiger partial charge in [-0.05, 0) is 62.9 Å². The number of piperidine rings is 1. The maximum Gasteiger partial charge on any atom is 0.251 e. The maximum absolute atomic E-state index is 12.5. The van der Waals surface area contributed by atoms with E-state index in [0.29, 0.717) is 36.8 Å². The van der Waals surface area contributed by atoms with Crippen LogP contribution in [0.2, 0.25) is 0 Å². The molecule has 2 N–H and O–H groups in total. The van der Waals surface area contributed by atoms with E-state index in [2.05, 4.69) is 24.5 Å². The van der Waals surface area contributed by atoms with Gasteiger partial charge in [-0.1, -0.05) is 13.8 Å². The van der Waals surface area contributed by atoms with Gasteiger partial charge in [0.1, 0.15) is 0 Å². The summed E-state index contributed by atoms with van der Waals surface area (Å²) >= 11 is 0. The fraction of sp³-hybridized carbons (Fsp3) is 0.632. The molecule has 0 saturated carbocycles. The number of carbonyl (C=O) groups excluding carboxylic acids is 1. The van der Waals surface area contributed by atoms with Crippen LogP contribution in [0.15, 0.2) is 18.2 Å². The Balaban J connectivity index is 0.00000312. The van der Waals surface area contributed by atoms with Crippen molar-refractivity contribution in [3.05, 3.63) is 23.8 Å². The molecule has 2 rings (SSSR count). The highest BCUT2D eigenvalue weighted by Gasteiger charge is 2.27. The second kappa shape index (κ2) is 10.5. The van der Waals surface area contributed by atoms with E-state index in [0.717, 1.165) is 32.4 Å². The number of hydrogen-bond acceptors (Lipinski definition) is 4. The lowest BCUT2D eigenvalue weighted by Gasteiger charge is -2.34. The van der Waals surface area contributed by atoms with Crippen LogP contribution in [0.25, 0.3) is 0 Å². The largest absolute Gasteiger partial charge is 0.490 e. The summed E-state index contributed by atoms with van der Waals surface area (Å²) in [6.07, 6.45) is 3.10. The molecule has 0 aromatic heterocycles. The third kappa shape index (κ3) is 6.40. The van der Waals surface area contributed by atoms with Gasteiger partial charge in [-0.15, -0.1) is 12.4 Å². The summed E-state index contributed by atoms with van der Waals surface area (Å²) in [7, 11) is 0. The van der Waals surface area contributed by atoms with Crippen molar-refractivity contribution in [1.29, 1.82) is 0 Å². The lowest BCUT2D eigenvalue weighted by atomic mass is 9.81. The number of ether oxygens (including phenoxy) is 2. The summed E-state index contributed by atoms with van der Waals surface area (Å²) in [4.78, 5) is 12.5. The average Bonchev–Trinajstić information content (AvgIpc) is 2.59. The fourth-order valence-corrected chi connectivity index (χ4v) is 2.85. The highest BCUT2D eigenvalue weighted by molar-refractivity contribution is 5.94. The van der Waals surface area contributed by atoms with E-state index in [4.69, 9.17) is 9.47 Å². The van der Waals surface area contributed by atoms with E-state index < -0.39 is 0 Å². The van der Waals surface area contributed by atoms with Crippen LogP contribution in [0.5, 0.6) is 11.5 Å². The lowest BCUT2D eigenvalue weighted by molar-refractivity contribution is 0.0921. The molecule has 142 valence electrons. The molecule has 0 aliphatic carbocycles. The van der Waals surface area contributed by atoms with Gasteiger partial charge in [0.15, 0.2) is 11.5 Å². The van der Waals surface area contributed by atoms with Crippen molar-refractivity contribution in [3.63, 3.8) is 0 Å². The summed E-state index contributed by atoms with van der Waals surface area (Å²) in [5.74, 6) is 1.27. The predicted molar refractivity (Wildman–Crippen MR) is 103 cm³/mol. The topological polar surface area (TPSA) is 59.6 Å². The highest BCUT2D eigenvalue weighted by Crippen LogP contribution is 2.29. The van der Waals surface area contributed by atoms with Gasteiger partial charge < -0.3 is 20.1 Å². The molecule has 1 aromatic carbocycles. The minimum Gasteiger partial charge on any atom is -0.490 e. The van der Waals surface area contributed by atoms with Gasteiger partial charge in [0.25, 0.3) is 5.91 Å². The molecule has 0 unspecified atom stereocenters. The van der Waals surface area contributed by atoms with Crippen molar-refractivity contribution in [2.24, 2.45) is 5.41 Å². The Bertz CT molecular complexity index is 545. The minimum atomic E-state index is -0.0576. The van der Waals surface area contributed by atoms with Crippen molar-refractivity contribution >= 4 is 18.3 Å². The second-order valence-corrected chi connectivity index (χ2v) is 6.69. The highest BCUT2D eigenvalue weighted by atomic mass is 35.5. The number of benzene rings is 1. The molecule has 1 aromatic rings. The quantitative estimate of drug-likeness (QED) is 0.736. The number of halogens is 1. The van der Waals surface area contributed by atoms with E-state index in [-0.39, 0.29) is 23.7 Å². The molecule has 0 atom stereocenters. The van der Waals surface area contributed by atoms with Gasteiger partial charge in [0.2, 0.25) is 0 Å². The Morgan fingerprint density at radius 2 is 1.92 bits per heavy atom. The van der Waals surface area contributed by atoms with E-state index in [1.165, 1.54) is 0 Å². The minimum absolute atomic E-state index is 0. The van der Waals surface area contributed by atoms with Gasteiger partial charge >= 0.3 is 0 Å². The third-order valence-electron chi connectivity index (χ3n) is 4.45. The Labute approximate surface area is 157 Å². The first kappa shape index (κ1) is 21.6. The van der Waals surface area contributed by atoms with Crippen LogP contribution < -0.4 is 20.1 Å². The predicted octanol–water partition coefficient (Wildman–Crippen LogP) is 3.42. The second-order valence-electron chi connectivity index (χ2n) is 6.69. The molecule has 1 saturated heterocycles. The van der Waals surface area contributed by atoms with Crippen molar-refractivity contribution in [1.82, 2.24) is 10.6 Å². The molecule has 5 nitrogen and oxygen atoms in total. The molecule has 1 amide bonds. The van der Waals surface area contributed by atoms with E-state index >= 15 is 0 Å². The smallest absolute Gasteiger partial charge is 0.251 e. The van der Waals surface area contributed by atoms with Gasteiger partial charge in [-0.25, -0.2) is 0 Å². The van der Waals surface area contributed by atoms with Crippen molar-refractivity contribution in [2.45, 2.75) is 40.0 Å². The molecule has 1 fully saturated rings. The Morgan fingerprint density at radius 3 is 2.56 bits per heavy atom. The first-order chi connectivity index (χ1) is 11.6. The molecular weight excluding hydrogens is 340 g/mol. The average molecular weight is 371 g/mol. The molecule has 1 aliphatic heterocycles. The van der Waals surface area contributed by atoms with Crippen LogP contribution in [0.4, 0.5) is 0 Å². The van der Waals surface area contributed by atoms with Gasteiger partial charge in [-0.3, -0.25) is 4.79 Å². The molecule has 25 heavy (non-hydrogen) atoms. The maximum atomic E-state index is 12.5. The summed E-state index contributed by atoms with van der Waals surface area (Å²) in [6, 6.07) is 5.39. The van der Waals surface area contributed by atoms with E-state index in [1.807, 2.05) is 13.0 Å². The Morgan fingerprint density at radius 1 is 1.20 bits per heavy atom. The van der Waals surface area contributed by atoms with Crippen LogP contribution in [0, 0.1) is 5.41 Å². The molecule has 0 bridgehead atoms. The number of amides is 1. The summed E-state index contributed by atoms with van der Waals surface area (Å²) in [6.45, 7) is 10.1. The SMILES string of the molecule is CCCOc1ccc(C(=O)NCC2(C)CCNCC2)cc1OCC.Cl. The molecule has 1 aliphatic rings. The van der Waals surface area contributed by atoms with Crippen LogP contribution in [-0.2, 0) is 0 Å². The van der Waals surface area contributed by atoms with E-state index in [1.54, 1.807) is 12.1 Å². The zero-order chi connectivity index (χ0) is 17.4. The number of carbonyl (C=O) groups is 1. The number of nitrogens with one attached hydrogen (secondary N) is 2. The van der Waals surface area contributed by atoms with Crippen molar-refractivity contribution in [2.75, 3.05) is 32.8 Å². The molecule has 1 heterocycles. The summed E-state index contributed by atoms with van der Waals surface area (Å²) < 4.78 is 11.3. The monoisotopic (exact) mass is 370 g/mol. The summed E-state index contributed by atoms with van der Waals surface area (Å²) in [5, 5.41) is 6.44. The standard InChI is InChI=1S/C19H30N2O3.ClH/c1-4-12-24-16-7-6-15(13-17(16)23-5-2)18(22)21-14-19(3)8-10-20-11-9-19;/h6-7,13,20H,4-5,8-12,14H2,1-3H3,(H,21,22);1H. The first-order valence-corrected chi connectivity index (χ1v) is 8.96. The number of hydrogen-bond donors (Lipinski definition) is 2. The van der Waals surface area contributed by atoms with Gasteiger partial charge in [0, 0.05) is 12.1 Å². The fourth-order valence-electron chi connectivity index (χ4n) is 2.85. The first-order valence-electron chi connectivity index (χ1n) is 8.96. The van der Waals surface area contributed by atoms with Crippen LogP contribution in [-0.4, -0.2) is 38.8 Å². The van der Waals surface area contributed by atoms with E-state index in [9.17, 15) is 4.79 Å². The zero-order valence-electron chi connectivity index (χ0n) is 15.5.